The van der Waals surface area contributed by atoms with Crippen LogP contribution in [-0.2, 0) is 9.53 Å². The van der Waals surface area contributed by atoms with Gasteiger partial charge >= 0.3 is 0 Å². The molecule has 1 amide bonds. The minimum atomic E-state index is -0.249. The molecule has 2 unspecified atom stereocenters. The number of likely N-dealkylation sites (tertiary alicyclic amines) is 1. The Labute approximate surface area is 153 Å². The van der Waals surface area contributed by atoms with E-state index in [2.05, 4.69) is 9.97 Å². The molecule has 2 atom stereocenters. The molecule has 0 aliphatic carbocycles. The number of piperidine rings is 1. The van der Waals surface area contributed by atoms with Gasteiger partial charge in [-0.25, -0.2) is 9.97 Å². The zero-order valence-corrected chi connectivity index (χ0v) is 15.1. The largest absolute Gasteiger partial charge is 0.368 e. The summed E-state index contributed by atoms with van der Waals surface area (Å²) in [5.74, 6) is 1.13. The number of carbonyl (C=O) groups excluding carboxylic acids is 1. The Morgan fingerprint density at radius 1 is 1.23 bits per heavy atom. The summed E-state index contributed by atoms with van der Waals surface area (Å²) in [6.07, 6.45) is 9.06. The molecule has 0 N–H and O–H groups in total. The molecule has 0 bridgehead atoms. The van der Waals surface area contributed by atoms with Gasteiger partial charge in [0, 0.05) is 49.8 Å². The van der Waals surface area contributed by atoms with E-state index >= 15 is 0 Å². The highest BCUT2D eigenvalue weighted by Crippen LogP contribution is 2.33. The molecule has 136 valence electrons. The van der Waals surface area contributed by atoms with Crippen molar-refractivity contribution in [3.05, 3.63) is 42.2 Å². The molecule has 0 saturated carbocycles. The fourth-order valence-electron chi connectivity index (χ4n) is 3.93. The fraction of sp³-hybridized carbons (Fsp3) is 0.500. The van der Waals surface area contributed by atoms with Crippen molar-refractivity contribution >= 4 is 5.91 Å². The molecule has 2 aromatic heterocycles. The van der Waals surface area contributed by atoms with Crippen LogP contribution in [-0.4, -0.2) is 51.6 Å². The number of nitrogens with zero attached hydrogens (tertiary/aromatic N) is 4. The molecule has 4 heterocycles. The SMILES string of the molecule is Cc1ncc(-c2ccncc2)c(C2CCCN(C(=O)C3CCCO3)C2)n1. The van der Waals surface area contributed by atoms with Gasteiger partial charge in [0.1, 0.15) is 11.9 Å². The summed E-state index contributed by atoms with van der Waals surface area (Å²) in [6.45, 7) is 4.12. The topological polar surface area (TPSA) is 68.2 Å². The van der Waals surface area contributed by atoms with E-state index in [1.165, 1.54) is 0 Å². The number of hydrogen-bond acceptors (Lipinski definition) is 5. The fourth-order valence-corrected chi connectivity index (χ4v) is 3.93. The minimum absolute atomic E-state index is 0.142. The molecule has 26 heavy (non-hydrogen) atoms. The van der Waals surface area contributed by atoms with Gasteiger partial charge in [0.15, 0.2) is 0 Å². The van der Waals surface area contributed by atoms with Crippen molar-refractivity contribution in [3.63, 3.8) is 0 Å². The number of amides is 1. The van der Waals surface area contributed by atoms with E-state index in [0.29, 0.717) is 13.2 Å². The van der Waals surface area contributed by atoms with Crippen LogP contribution in [0.5, 0.6) is 0 Å². The highest BCUT2D eigenvalue weighted by atomic mass is 16.5. The van der Waals surface area contributed by atoms with Gasteiger partial charge in [-0.15, -0.1) is 0 Å². The summed E-state index contributed by atoms with van der Waals surface area (Å²) in [7, 11) is 0. The third-order valence-corrected chi connectivity index (χ3v) is 5.25. The highest BCUT2D eigenvalue weighted by molar-refractivity contribution is 5.81. The maximum atomic E-state index is 12.8. The number of aromatic nitrogens is 3. The van der Waals surface area contributed by atoms with Crippen molar-refractivity contribution < 1.29 is 9.53 Å². The number of ether oxygens (including phenoxy) is 1. The number of rotatable bonds is 3. The predicted molar refractivity (Wildman–Crippen MR) is 97.5 cm³/mol. The van der Waals surface area contributed by atoms with Gasteiger partial charge in [0.05, 0.1) is 5.69 Å². The van der Waals surface area contributed by atoms with E-state index in [9.17, 15) is 4.79 Å². The van der Waals surface area contributed by atoms with Crippen molar-refractivity contribution in [1.29, 1.82) is 0 Å². The molecule has 4 rings (SSSR count). The number of pyridine rings is 1. The van der Waals surface area contributed by atoms with E-state index in [-0.39, 0.29) is 17.9 Å². The predicted octanol–water partition coefficient (Wildman–Crippen LogP) is 2.73. The number of aryl methyl sites for hydroxylation is 1. The summed E-state index contributed by atoms with van der Waals surface area (Å²) in [5.41, 5.74) is 3.14. The van der Waals surface area contributed by atoms with Gasteiger partial charge in [0.2, 0.25) is 0 Å². The first-order valence-electron chi connectivity index (χ1n) is 9.36. The van der Waals surface area contributed by atoms with Crippen LogP contribution in [0.2, 0.25) is 0 Å². The lowest BCUT2D eigenvalue weighted by molar-refractivity contribution is -0.142. The first-order valence-corrected chi connectivity index (χ1v) is 9.36. The molecule has 6 nitrogen and oxygen atoms in total. The Bertz CT molecular complexity index is 775. The molecule has 0 radical (unpaired) electrons. The second-order valence-electron chi connectivity index (χ2n) is 7.08. The second-order valence-corrected chi connectivity index (χ2v) is 7.08. The Kier molecular flexibility index (Phi) is 4.93. The van der Waals surface area contributed by atoms with Gasteiger partial charge < -0.3 is 9.64 Å². The molecule has 2 fully saturated rings. The Morgan fingerprint density at radius 3 is 2.85 bits per heavy atom. The summed E-state index contributed by atoms with van der Waals surface area (Å²) in [6, 6.07) is 3.96. The molecule has 6 heteroatoms. The highest BCUT2D eigenvalue weighted by Gasteiger charge is 2.33. The Morgan fingerprint density at radius 2 is 2.08 bits per heavy atom. The summed E-state index contributed by atoms with van der Waals surface area (Å²) >= 11 is 0. The van der Waals surface area contributed by atoms with E-state index in [0.717, 1.165) is 54.9 Å². The Hall–Kier alpha value is -2.34. The second kappa shape index (κ2) is 7.50. The van der Waals surface area contributed by atoms with E-state index < -0.39 is 0 Å². The quantitative estimate of drug-likeness (QED) is 0.850. The van der Waals surface area contributed by atoms with Gasteiger partial charge in [-0.2, -0.15) is 0 Å². The molecule has 0 spiro atoms. The average Bonchev–Trinajstić information content (AvgIpc) is 3.23. The molecule has 2 saturated heterocycles. The normalized spacial score (nSPS) is 23.2. The number of hydrogen-bond donors (Lipinski definition) is 0. The lowest BCUT2D eigenvalue weighted by Crippen LogP contribution is -2.44. The molecule has 2 aliphatic heterocycles. The van der Waals surface area contributed by atoms with Gasteiger partial charge in [-0.3, -0.25) is 9.78 Å². The standard InChI is InChI=1S/C20H24N4O2/c1-14-22-12-17(15-6-8-21-9-7-15)19(23-14)16-4-2-10-24(13-16)20(25)18-5-3-11-26-18/h6-9,12,16,18H,2-5,10-11,13H2,1H3. The van der Waals surface area contributed by atoms with Crippen molar-refractivity contribution in [2.45, 2.75) is 44.6 Å². The maximum absolute atomic E-state index is 12.8. The van der Waals surface area contributed by atoms with Crippen molar-refractivity contribution in [3.8, 4) is 11.1 Å². The van der Waals surface area contributed by atoms with Crippen LogP contribution >= 0.6 is 0 Å². The van der Waals surface area contributed by atoms with Crippen LogP contribution in [0.25, 0.3) is 11.1 Å². The van der Waals surface area contributed by atoms with Crippen LogP contribution in [0.4, 0.5) is 0 Å². The van der Waals surface area contributed by atoms with E-state index in [1.807, 2.05) is 30.2 Å². The zero-order valence-electron chi connectivity index (χ0n) is 15.1. The Balaban J connectivity index is 1.60. The van der Waals surface area contributed by atoms with Crippen LogP contribution in [0, 0.1) is 6.92 Å². The van der Waals surface area contributed by atoms with Crippen molar-refractivity contribution in [1.82, 2.24) is 19.9 Å². The molecule has 2 aliphatic rings. The molecular weight excluding hydrogens is 328 g/mol. The van der Waals surface area contributed by atoms with E-state index in [4.69, 9.17) is 9.72 Å². The van der Waals surface area contributed by atoms with Gasteiger partial charge in [0.25, 0.3) is 5.91 Å². The van der Waals surface area contributed by atoms with Crippen LogP contribution in [0.3, 0.4) is 0 Å². The van der Waals surface area contributed by atoms with Crippen molar-refractivity contribution in [2.24, 2.45) is 0 Å². The third kappa shape index (κ3) is 3.46. The van der Waals surface area contributed by atoms with Crippen LogP contribution < -0.4 is 0 Å². The lowest BCUT2D eigenvalue weighted by Gasteiger charge is -2.34. The smallest absolute Gasteiger partial charge is 0.251 e. The maximum Gasteiger partial charge on any atom is 0.251 e. The zero-order chi connectivity index (χ0) is 17.9. The average molecular weight is 352 g/mol. The summed E-state index contributed by atoms with van der Waals surface area (Å²) in [5, 5.41) is 0. The van der Waals surface area contributed by atoms with Crippen molar-refractivity contribution in [2.75, 3.05) is 19.7 Å². The van der Waals surface area contributed by atoms with Gasteiger partial charge in [-0.05, 0) is 50.3 Å². The molecular formula is C20H24N4O2. The third-order valence-electron chi connectivity index (χ3n) is 5.25. The molecule has 2 aromatic rings. The minimum Gasteiger partial charge on any atom is -0.368 e. The van der Waals surface area contributed by atoms with Crippen LogP contribution in [0.1, 0.15) is 43.1 Å². The number of carbonyl (C=O) groups is 1. The van der Waals surface area contributed by atoms with Crippen LogP contribution in [0.15, 0.2) is 30.7 Å². The summed E-state index contributed by atoms with van der Waals surface area (Å²) < 4.78 is 5.60. The molecule has 0 aromatic carbocycles. The first kappa shape index (κ1) is 17.1. The monoisotopic (exact) mass is 352 g/mol. The van der Waals surface area contributed by atoms with E-state index in [1.54, 1.807) is 12.4 Å². The van der Waals surface area contributed by atoms with Gasteiger partial charge in [-0.1, -0.05) is 0 Å². The first-order chi connectivity index (χ1) is 12.7. The lowest BCUT2D eigenvalue weighted by atomic mass is 9.90. The summed E-state index contributed by atoms with van der Waals surface area (Å²) in [4.78, 5) is 28.0.